The van der Waals surface area contributed by atoms with E-state index in [9.17, 15) is 17.8 Å². The maximum atomic E-state index is 12.9. The van der Waals surface area contributed by atoms with Crippen LogP contribution in [0.25, 0.3) is 0 Å². The summed E-state index contributed by atoms with van der Waals surface area (Å²) in [5.41, 5.74) is -1.33. The summed E-state index contributed by atoms with van der Waals surface area (Å²) in [4.78, 5) is 12.2. The average molecular weight is 560 g/mol. The summed E-state index contributed by atoms with van der Waals surface area (Å²) in [7, 11) is -3.56. The van der Waals surface area contributed by atoms with Gasteiger partial charge in [-0.1, -0.05) is 129 Å². The molecule has 0 unspecified atom stereocenters. The Bertz CT molecular complexity index is 632. The monoisotopic (exact) mass is 559 g/mol. The summed E-state index contributed by atoms with van der Waals surface area (Å²) in [6.07, 6.45) is 22.6. The fraction of sp³-hybridized carbons (Fsp3) is 0.960. The number of unbranched alkanes of at least 4 members (excludes halogenated alkanes) is 18. The fourth-order valence-corrected chi connectivity index (χ4v) is 6.30. The minimum Gasteiger partial charge on any atom is -0.302 e. The second-order valence-corrected chi connectivity index (χ2v) is 13.6. The summed E-state index contributed by atoms with van der Waals surface area (Å²) in [5, 5.41) is 0. The van der Waals surface area contributed by atoms with Gasteiger partial charge in [0.05, 0.1) is 13.2 Å². The lowest BCUT2D eigenvalue weighted by molar-refractivity contribution is 0.192. The van der Waals surface area contributed by atoms with E-state index >= 15 is 0 Å². The third kappa shape index (κ3) is 22.8. The standard InChI is InChI=1S/C25H51ClNO6PS/c1-3-5-7-9-11-13-15-17-19-21-23-32-34(29,25(28)27-35(26,30)31)33-24-22-20-18-16-14-12-10-8-6-4-2/h3-24H2,1-2H3,(H,27,28). The molecule has 7 nitrogen and oxygen atoms in total. The van der Waals surface area contributed by atoms with Crippen molar-refractivity contribution >= 4 is 33.2 Å². The van der Waals surface area contributed by atoms with Crippen molar-refractivity contribution in [1.29, 1.82) is 0 Å². The molecule has 0 saturated carbocycles. The van der Waals surface area contributed by atoms with Crippen LogP contribution in [-0.2, 0) is 22.8 Å². The van der Waals surface area contributed by atoms with E-state index < -0.39 is 22.5 Å². The molecule has 0 saturated heterocycles. The van der Waals surface area contributed by atoms with Crippen LogP contribution < -0.4 is 4.72 Å². The molecule has 0 fully saturated rings. The van der Waals surface area contributed by atoms with Gasteiger partial charge in [-0.2, -0.15) is 8.42 Å². The lowest BCUT2D eigenvalue weighted by atomic mass is 10.1. The number of carbonyl (C=O) groups excluding carboxylic acids is 1. The van der Waals surface area contributed by atoms with Gasteiger partial charge in [0.1, 0.15) is 0 Å². The number of carbonyl (C=O) groups is 1. The van der Waals surface area contributed by atoms with Crippen molar-refractivity contribution in [2.24, 2.45) is 0 Å². The summed E-state index contributed by atoms with van der Waals surface area (Å²) in [6, 6.07) is 0. The van der Waals surface area contributed by atoms with Crippen molar-refractivity contribution in [2.45, 2.75) is 142 Å². The molecule has 0 rings (SSSR count). The van der Waals surface area contributed by atoms with E-state index in [-0.39, 0.29) is 13.2 Å². The van der Waals surface area contributed by atoms with Gasteiger partial charge in [0.2, 0.25) is 0 Å². The molecule has 0 aromatic carbocycles. The van der Waals surface area contributed by atoms with Gasteiger partial charge < -0.3 is 9.05 Å². The molecule has 0 radical (unpaired) electrons. The SMILES string of the molecule is CCCCCCCCCCCCOP(=O)(OCCCCCCCCCCCC)C(=O)NS(=O)(=O)Cl. The molecule has 0 aromatic rings. The molecule has 0 bridgehead atoms. The van der Waals surface area contributed by atoms with Crippen molar-refractivity contribution in [1.82, 2.24) is 4.72 Å². The zero-order valence-corrected chi connectivity index (χ0v) is 24.7. The number of amides is 1. The first-order valence-corrected chi connectivity index (χ1v) is 17.8. The van der Waals surface area contributed by atoms with Crippen molar-refractivity contribution in [3.8, 4) is 0 Å². The second kappa shape index (κ2) is 23.0. The Morgan fingerprint density at radius 3 is 1.20 bits per heavy atom. The molecule has 0 spiro atoms. The minimum absolute atomic E-state index is 0.0710. The maximum Gasteiger partial charge on any atom is 0.419 e. The smallest absolute Gasteiger partial charge is 0.302 e. The molecule has 0 aliphatic carbocycles. The highest BCUT2D eigenvalue weighted by Gasteiger charge is 2.37. The van der Waals surface area contributed by atoms with Gasteiger partial charge in [0.25, 0.3) is 0 Å². The van der Waals surface area contributed by atoms with Crippen molar-refractivity contribution in [3.05, 3.63) is 0 Å². The van der Waals surface area contributed by atoms with Gasteiger partial charge in [-0.3, -0.25) is 4.79 Å². The lowest BCUT2D eigenvalue weighted by Crippen LogP contribution is -2.27. The number of nitrogens with one attached hydrogen (secondary N) is 1. The normalized spacial score (nSPS) is 12.2. The lowest BCUT2D eigenvalue weighted by Gasteiger charge is -2.17. The van der Waals surface area contributed by atoms with E-state index in [2.05, 4.69) is 13.8 Å². The van der Waals surface area contributed by atoms with Crippen LogP contribution in [0.1, 0.15) is 142 Å². The Kier molecular flexibility index (Phi) is 22.9. The molecular weight excluding hydrogens is 509 g/mol. The van der Waals surface area contributed by atoms with Crippen LogP contribution in [0.5, 0.6) is 0 Å². The van der Waals surface area contributed by atoms with E-state index in [0.717, 1.165) is 38.5 Å². The maximum absolute atomic E-state index is 12.9. The average Bonchev–Trinajstić information content (AvgIpc) is 2.80. The van der Waals surface area contributed by atoms with Crippen LogP contribution in [-0.4, -0.2) is 27.3 Å². The van der Waals surface area contributed by atoms with Gasteiger partial charge in [0, 0.05) is 10.7 Å². The van der Waals surface area contributed by atoms with Crippen LogP contribution in [0.3, 0.4) is 0 Å². The summed E-state index contributed by atoms with van der Waals surface area (Å²) < 4.78 is 47.5. The second-order valence-electron chi connectivity index (χ2n) is 9.37. The third-order valence-corrected chi connectivity index (χ3v) is 8.44. The highest BCUT2D eigenvalue weighted by Crippen LogP contribution is 2.49. The first kappa shape index (κ1) is 34.9. The summed E-state index contributed by atoms with van der Waals surface area (Å²) in [5.74, 6) is 0. The molecule has 1 N–H and O–H groups in total. The topological polar surface area (TPSA) is 98.8 Å². The van der Waals surface area contributed by atoms with Gasteiger partial charge in [-0.15, -0.1) is 0 Å². The van der Waals surface area contributed by atoms with Gasteiger partial charge in [0.15, 0.2) is 0 Å². The van der Waals surface area contributed by atoms with Crippen LogP contribution >= 0.6 is 18.3 Å². The summed E-state index contributed by atoms with van der Waals surface area (Å²) in [6.45, 7) is 4.56. The van der Waals surface area contributed by atoms with Crippen LogP contribution in [0.4, 0.5) is 4.79 Å². The zero-order chi connectivity index (χ0) is 26.3. The molecule has 0 heterocycles. The largest absolute Gasteiger partial charge is 0.419 e. The van der Waals surface area contributed by atoms with E-state index in [1.54, 1.807) is 0 Å². The molecule has 0 atom stereocenters. The van der Waals surface area contributed by atoms with Gasteiger partial charge in [-0.05, 0) is 12.8 Å². The molecular formula is C25H51ClNO6PS. The summed E-state index contributed by atoms with van der Waals surface area (Å²) >= 11 is 0. The van der Waals surface area contributed by atoms with E-state index in [1.807, 2.05) is 0 Å². The highest BCUT2D eigenvalue weighted by atomic mass is 35.7. The van der Waals surface area contributed by atoms with Crippen molar-refractivity contribution < 1.29 is 26.8 Å². The molecule has 210 valence electrons. The van der Waals surface area contributed by atoms with Crippen LogP contribution in [0, 0.1) is 0 Å². The Balaban J connectivity index is 4.15. The minimum atomic E-state index is -4.37. The number of rotatable bonds is 26. The van der Waals surface area contributed by atoms with Crippen LogP contribution in [0.2, 0.25) is 0 Å². The first-order chi connectivity index (χ1) is 16.7. The molecule has 35 heavy (non-hydrogen) atoms. The number of hydrogen-bond donors (Lipinski definition) is 1. The molecule has 0 aromatic heterocycles. The predicted octanol–water partition coefficient (Wildman–Crippen LogP) is 9.25. The Morgan fingerprint density at radius 2 is 0.914 bits per heavy atom. The quantitative estimate of drug-likeness (QED) is 0.0644. The number of halogens is 1. The van der Waals surface area contributed by atoms with Crippen LogP contribution in [0.15, 0.2) is 0 Å². The van der Waals surface area contributed by atoms with E-state index in [0.29, 0.717) is 12.8 Å². The Morgan fingerprint density at radius 1 is 0.629 bits per heavy atom. The van der Waals surface area contributed by atoms with E-state index in [4.69, 9.17) is 19.7 Å². The molecule has 10 heteroatoms. The Hall–Kier alpha value is -0.140. The zero-order valence-electron chi connectivity index (χ0n) is 22.2. The third-order valence-electron chi connectivity index (χ3n) is 5.98. The molecule has 0 aliphatic rings. The van der Waals surface area contributed by atoms with Crippen molar-refractivity contribution in [3.63, 3.8) is 0 Å². The van der Waals surface area contributed by atoms with Crippen molar-refractivity contribution in [2.75, 3.05) is 13.2 Å². The molecule has 1 amide bonds. The fourth-order valence-electron chi connectivity index (χ4n) is 3.86. The first-order valence-electron chi connectivity index (χ1n) is 13.9. The Labute approximate surface area is 219 Å². The number of hydrogen-bond acceptors (Lipinski definition) is 6. The van der Waals surface area contributed by atoms with E-state index in [1.165, 1.54) is 81.8 Å². The van der Waals surface area contributed by atoms with Gasteiger partial charge in [-0.25, -0.2) is 9.29 Å². The highest BCUT2D eigenvalue weighted by molar-refractivity contribution is 8.13. The predicted molar refractivity (Wildman–Crippen MR) is 147 cm³/mol. The molecule has 0 aliphatic heterocycles. The van der Waals surface area contributed by atoms with Gasteiger partial charge >= 0.3 is 22.5 Å².